The molecule has 0 spiro atoms. The lowest BCUT2D eigenvalue weighted by molar-refractivity contribution is 0.0759. The van der Waals surface area contributed by atoms with Crippen molar-refractivity contribution in [2.24, 2.45) is 0 Å². The number of nitrogens with two attached hydrogens (primary N) is 1. The van der Waals surface area contributed by atoms with Crippen LogP contribution in [0.3, 0.4) is 0 Å². The van der Waals surface area contributed by atoms with Crippen molar-refractivity contribution in [3.05, 3.63) is 10.7 Å². The number of alkyl halides is 1. The van der Waals surface area contributed by atoms with Crippen molar-refractivity contribution in [1.29, 1.82) is 0 Å². The Morgan fingerprint density at radius 3 is 2.57 bits per heavy atom. The van der Waals surface area contributed by atoms with E-state index in [1.807, 2.05) is 6.92 Å². The number of rotatable bonds is 3. The average molecular weight is 216 g/mol. The van der Waals surface area contributed by atoms with Crippen LogP contribution in [0.1, 0.15) is 36.3 Å². The van der Waals surface area contributed by atoms with Gasteiger partial charge in [0.2, 0.25) is 5.78 Å². The molecule has 0 amide bonds. The number of anilines is 1. The van der Waals surface area contributed by atoms with E-state index in [1.54, 1.807) is 0 Å². The van der Waals surface area contributed by atoms with Crippen molar-refractivity contribution in [3.8, 4) is 0 Å². The van der Waals surface area contributed by atoms with Crippen molar-refractivity contribution >= 4 is 22.1 Å². The second-order valence-electron chi connectivity index (χ2n) is 3.49. The highest BCUT2D eigenvalue weighted by Crippen LogP contribution is 2.26. The first-order valence-electron chi connectivity index (χ1n) is 4.35. The third-order valence-corrected chi connectivity index (χ3v) is 2.72. The van der Waals surface area contributed by atoms with Crippen LogP contribution in [0.2, 0.25) is 0 Å². The number of aromatic nitrogens is 1. The number of nitrogens with zero attached hydrogens (tertiary/aromatic N) is 1. The monoisotopic (exact) mass is 216 g/mol. The molecular weight excluding hydrogens is 203 g/mol. The zero-order valence-corrected chi connectivity index (χ0v) is 9.24. The summed E-state index contributed by atoms with van der Waals surface area (Å²) in [6.45, 7) is 4.33. The van der Waals surface area contributed by atoms with Crippen LogP contribution in [-0.4, -0.2) is 16.4 Å². The molecule has 0 bridgehead atoms. The van der Waals surface area contributed by atoms with Gasteiger partial charge in [0, 0.05) is 0 Å². The van der Waals surface area contributed by atoms with Gasteiger partial charge in [0.15, 0.2) is 10.7 Å². The summed E-state index contributed by atoms with van der Waals surface area (Å²) in [6.07, 6.45) is 0.655. The zero-order valence-electron chi connectivity index (χ0n) is 8.43. The first-order valence-corrected chi connectivity index (χ1v) is 5.16. The van der Waals surface area contributed by atoms with Crippen molar-refractivity contribution in [2.45, 2.75) is 32.9 Å². The predicted octanol–water partition coefficient (Wildman–Crippen LogP) is 2.22. The first-order chi connectivity index (χ1) is 6.36. The molecule has 0 aliphatic carbocycles. The Bertz CT molecular complexity index is 354. The van der Waals surface area contributed by atoms with Crippen LogP contribution in [-0.2, 0) is 6.42 Å². The Hall–Kier alpha value is -0.970. The van der Waals surface area contributed by atoms with Gasteiger partial charge in [0.05, 0.1) is 5.69 Å². The number of carbonyl (C=O) groups excluding carboxylic acids is 1. The summed E-state index contributed by atoms with van der Waals surface area (Å²) in [7, 11) is 0. The maximum atomic E-state index is 13.3. The minimum absolute atomic E-state index is 0.159. The molecule has 0 fully saturated rings. The van der Waals surface area contributed by atoms with Gasteiger partial charge in [-0.1, -0.05) is 18.3 Å². The number of halogens is 1. The Labute approximate surface area is 86.1 Å². The van der Waals surface area contributed by atoms with Gasteiger partial charge in [0.25, 0.3) is 0 Å². The van der Waals surface area contributed by atoms with E-state index in [0.717, 1.165) is 11.3 Å². The molecule has 0 saturated carbocycles. The zero-order chi connectivity index (χ0) is 10.9. The fourth-order valence-electron chi connectivity index (χ4n) is 0.968. The maximum Gasteiger partial charge on any atom is 0.227 e. The Kier molecular flexibility index (Phi) is 2.89. The van der Waals surface area contributed by atoms with Crippen LogP contribution in [0, 0.1) is 0 Å². The summed E-state index contributed by atoms with van der Waals surface area (Å²) in [5.41, 5.74) is 4.40. The topological polar surface area (TPSA) is 56.0 Å². The molecule has 2 N–H and O–H groups in total. The SMILES string of the molecule is CCc1nc(C(=O)C(C)(C)F)sc1N. The van der Waals surface area contributed by atoms with Gasteiger partial charge in [-0.3, -0.25) is 4.79 Å². The molecule has 0 unspecified atom stereocenters. The average Bonchev–Trinajstić information content (AvgIpc) is 2.43. The standard InChI is InChI=1S/C9H13FN2OS/c1-4-5-7(11)14-8(12-5)6(13)9(2,3)10/h4,11H2,1-3H3. The van der Waals surface area contributed by atoms with Crippen LogP contribution in [0.4, 0.5) is 9.39 Å². The molecule has 0 atom stereocenters. The Morgan fingerprint density at radius 1 is 1.64 bits per heavy atom. The van der Waals surface area contributed by atoms with E-state index in [9.17, 15) is 9.18 Å². The minimum Gasteiger partial charge on any atom is -0.389 e. The van der Waals surface area contributed by atoms with Gasteiger partial charge in [-0.2, -0.15) is 0 Å². The van der Waals surface area contributed by atoms with Gasteiger partial charge in [-0.05, 0) is 20.3 Å². The maximum absolute atomic E-state index is 13.3. The number of carbonyl (C=O) groups is 1. The van der Waals surface area contributed by atoms with E-state index in [-0.39, 0.29) is 5.01 Å². The largest absolute Gasteiger partial charge is 0.389 e. The third kappa shape index (κ3) is 2.09. The van der Waals surface area contributed by atoms with E-state index >= 15 is 0 Å². The number of Topliss-reactive ketones (excluding diaryl/α,β-unsaturated/α-hetero) is 1. The first kappa shape index (κ1) is 11.1. The molecule has 1 rings (SSSR count). The number of nitrogen functional groups attached to an aromatic ring is 1. The van der Waals surface area contributed by atoms with Crippen LogP contribution < -0.4 is 5.73 Å². The molecule has 1 heterocycles. The van der Waals surface area contributed by atoms with E-state index in [4.69, 9.17) is 5.73 Å². The third-order valence-electron chi connectivity index (χ3n) is 1.80. The lowest BCUT2D eigenvalue weighted by Gasteiger charge is -2.08. The molecular formula is C9H13FN2OS. The van der Waals surface area contributed by atoms with E-state index in [0.29, 0.717) is 17.1 Å². The van der Waals surface area contributed by atoms with Gasteiger partial charge in [0.1, 0.15) is 5.00 Å². The predicted molar refractivity (Wildman–Crippen MR) is 55.4 cm³/mol. The molecule has 1 aromatic rings. The lowest BCUT2D eigenvalue weighted by atomic mass is 10.1. The quantitative estimate of drug-likeness (QED) is 0.788. The molecule has 0 aliphatic rings. The van der Waals surface area contributed by atoms with Crippen LogP contribution >= 0.6 is 11.3 Å². The fourth-order valence-corrected chi connectivity index (χ4v) is 1.98. The summed E-state index contributed by atoms with van der Waals surface area (Å²) in [4.78, 5) is 15.5. The molecule has 14 heavy (non-hydrogen) atoms. The molecule has 0 radical (unpaired) electrons. The highest BCUT2D eigenvalue weighted by atomic mass is 32.1. The second kappa shape index (κ2) is 3.65. The molecule has 1 aromatic heterocycles. The van der Waals surface area contributed by atoms with E-state index < -0.39 is 11.5 Å². The van der Waals surface area contributed by atoms with Gasteiger partial charge < -0.3 is 5.73 Å². The highest BCUT2D eigenvalue weighted by molar-refractivity contribution is 7.17. The van der Waals surface area contributed by atoms with Gasteiger partial charge in [-0.15, -0.1) is 0 Å². The van der Waals surface area contributed by atoms with Crippen molar-refractivity contribution in [3.63, 3.8) is 0 Å². The number of hydrogen-bond donors (Lipinski definition) is 1. The van der Waals surface area contributed by atoms with Crippen molar-refractivity contribution in [2.75, 3.05) is 5.73 Å². The van der Waals surface area contributed by atoms with Crippen LogP contribution in [0.25, 0.3) is 0 Å². The number of hydrogen-bond acceptors (Lipinski definition) is 4. The minimum atomic E-state index is -1.88. The van der Waals surface area contributed by atoms with Crippen LogP contribution in [0.15, 0.2) is 0 Å². The lowest BCUT2D eigenvalue weighted by Crippen LogP contribution is -2.25. The molecule has 0 aromatic carbocycles. The molecule has 0 saturated heterocycles. The summed E-state index contributed by atoms with van der Waals surface area (Å²) >= 11 is 1.05. The summed E-state index contributed by atoms with van der Waals surface area (Å²) in [5.74, 6) is -0.603. The number of aryl methyl sites for hydroxylation is 1. The van der Waals surface area contributed by atoms with Gasteiger partial charge in [-0.25, -0.2) is 9.37 Å². The van der Waals surface area contributed by atoms with E-state index in [1.165, 1.54) is 13.8 Å². The van der Waals surface area contributed by atoms with Gasteiger partial charge >= 0.3 is 0 Å². The smallest absolute Gasteiger partial charge is 0.227 e. The number of thiazole rings is 1. The summed E-state index contributed by atoms with van der Waals surface area (Å²) in [5, 5.41) is 0.659. The molecule has 5 heteroatoms. The van der Waals surface area contributed by atoms with Crippen LogP contribution in [0.5, 0.6) is 0 Å². The number of ketones is 1. The Morgan fingerprint density at radius 2 is 2.21 bits per heavy atom. The summed E-state index contributed by atoms with van der Waals surface area (Å²) in [6, 6.07) is 0. The molecule has 0 aliphatic heterocycles. The van der Waals surface area contributed by atoms with Crippen molar-refractivity contribution < 1.29 is 9.18 Å². The Balaban J connectivity index is 3.03. The summed E-state index contributed by atoms with van der Waals surface area (Å²) < 4.78 is 13.3. The van der Waals surface area contributed by atoms with E-state index in [2.05, 4.69) is 4.98 Å². The van der Waals surface area contributed by atoms with Crippen molar-refractivity contribution in [1.82, 2.24) is 4.98 Å². The fraction of sp³-hybridized carbons (Fsp3) is 0.556. The second-order valence-corrected chi connectivity index (χ2v) is 4.52. The molecule has 3 nitrogen and oxygen atoms in total. The normalized spacial score (nSPS) is 11.7. The molecule has 78 valence electrons. The highest BCUT2D eigenvalue weighted by Gasteiger charge is 2.30.